The van der Waals surface area contributed by atoms with Gasteiger partial charge in [0.1, 0.15) is 5.75 Å². The quantitative estimate of drug-likeness (QED) is 0.800. The first-order valence-electron chi connectivity index (χ1n) is 4.53. The lowest BCUT2D eigenvalue weighted by Gasteiger charge is -2.12. The Morgan fingerprint density at radius 3 is 2.17 bits per heavy atom. The number of methoxy groups -OCH3 is 1. The van der Waals surface area contributed by atoms with Crippen molar-refractivity contribution in [1.29, 1.82) is 0 Å². The van der Waals surface area contributed by atoms with Crippen LogP contribution in [0.5, 0.6) is 5.75 Å². The number of alkyl halides is 3. The Balaban J connectivity index is 3.01. The van der Waals surface area contributed by atoms with Crippen LogP contribution in [0.2, 0.25) is 10.0 Å². The maximum absolute atomic E-state index is 12.0. The van der Waals surface area contributed by atoms with E-state index in [1.54, 1.807) is 0 Å². The van der Waals surface area contributed by atoms with E-state index in [0.717, 1.165) is 12.1 Å². The molecule has 0 fully saturated rings. The minimum absolute atomic E-state index is 0.104. The number of carbonyl (C=O) groups excluding carboxylic acids is 1. The Morgan fingerprint density at radius 2 is 1.78 bits per heavy atom. The van der Waals surface area contributed by atoms with Crippen molar-refractivity contribution in [1.82, 2.24) is 0 Å². The molecule has 0 heterocycles. The van der Waals surface area contributed by atoms with Crippen LogP contribution in [0, 0.1) is 0 Å². The van der Waals surface area contributed by atoms with Crippen LogP contribution in [0.3, 0.4) is 0 Å². The minimum Gasteiger partial charge on any atom is -0.469 e. The van der Waals surface area contributed by atoms with E-state index in [0.29, 0.717) is 0 Å². The highest BCUT2D eigenvalue weighted by Crippen LogP contribution is 2.33. The van der Waals surface area contributed by atoms with Gasteiger partial charge in [-0.15, -0.1) is 13.2 Å². The lowest BCUT2D eigenvalue weighted by Crippen LogP contribution is -2.17. The molecule has 0 saturated carbocycles. The average Bonchev–Trinajstić information content (AvgIpc) is 2.20. The van der Waals surface area contributed by atoms with Crippen molar-refractivity contribution in [3.8, 4) is 5.75 Å². The predicted octanol–water partition coefficient (Wildman–Crippen LogP) is 3.61. The topological polar surface area (TPSA) is 35.5 Å². The van der Waals surface area contributed by atoms with E-state index in [2.05, 4.69) is 9.47 Å². The van der Waals surface area contributed by atoms with Crippen LogP contribution >= 0.6 is 23.2 Å². The Labute approximate surface area is 110 Å². The summed E-state index contributed by atoms with van der Waals surface area (Å²) < 4.78 is 44.0. The molecule has 0 N–H and O–H groups in total. The van der Waals surface area contributed by atoms with E-state index in [1.807, 2.05) is 0 Å². The first-order chi connectivity index (χ1) is 8.23. The second kappa shape index (κ2) is 5.67. The van der Waals surface area contributed by atoms with Crippen LogP contribution in [0.4, 0.5) is 13.2 Å². The van der Waals surface area contributed by atoms with Gasteiger partial charge in [-0.3, -0.25) is 4.79 Å². The highest BCUT2D eigenvalue weighted by atomic mass is 35.5. The van der Waals surface area contributed by atoms with Crippen LogP contribution in [0.15, 0.2) is 12.1 Å². The van der Waals surface area contributed by atoms with Crippen LogP contribution < -0.4 is 4.74 Å². The van der Waals surface area contributed by atoms with Gasteiger partial charge >= 0.3 is 12.3 Å². The molecule has 0 aliphatic carbocycles. The van der Waals surface area contributed by atoms with Gasteiger partial charge in [0.25, 0.3) is 0 Å². The third-order valence-corrected chi connectivity index (χ3v) is 2.57. The number of hydrogen-bond acceptors (Lipinski definition) is 3. The van der Waals surface area contributed by atoms with Gasteiger partial charge in [-0.25, -0.2) is 0 Å². The van der Waals surface area contributed by atoms with E-state index >= 15 is 0 Å². The average molecular weight is 303 g/mol. The third kappa shape index (κ3) is 4.27. The molecule has 1 aromatic carbocycles. The molecule has 0 spiro atoms. The molecule has 1 aromatic rings. The molecule has 0 unspecified atom stereocenters. The summed E-state index contributed by atoms with van der Waals surface area (Å²) in [5, 5.41) is -0.209. The summed E-state index contributed by atoms with van der Waals surface area (Å²) in [6.07, 6.45) is -5.07. The van der Waals surface area contributed by atoms with E-state index in [4.69, 9.17) is 23.2 Å². The van der Waals surface area contributed by atoms with Crippen molar-refractivity contribution in [2.75, 3.05) is 7.11 Å². The molecule has 18 heavy (non-hydrogen) atoms. The van der Waals surface area contributed by atoms with Crippen molar-refractivity contribution in [2.24, 2.45) is 0 Å². The van der Waals surface area contributed by atoms with Gasteiger partial charge in [0.05, 0.1) is 13.5 Å². The van der Waals surface area contributed by atoms with Gasteiger partial charge in [0.2, 0.25) is 0 Å². The second-order valence-electron chi connectivity index (χ2n) is 3.17. The molecule has 0 bridgehead atoms. The fourth-order valence-corrected chi connectivity index (χ4v) is 1.76. The largest absolute Gasteiger partial charge is 0.573 e. The first-order valence-corrected chi connectivity index (χ1v) is 5.29. The molecule has 0 saturated heterocycles. The van der Waals surface area contributed by atoms with Crippen LogP contribution in [0.25, 0.3) is 0 Å². The molecule has 8 heteroatoms. The summed E-state index contributed by atoms with van der Waals surface area (Å²) in [5.74, 6) is -1.16. The number of benzene rings is 1. The Hall–Kier alpha value is -1.14. The number of rotatable bonds is 3. The van der Waals surface area contributed by atoms with Crippen molar-refractivity contribution >= 4 is 29.2 Å². The summed E-state index contributed by atoms with van der Waals surface area (Å²) >= 11 is 11.5. The summed E-state index contributed by atoms with van der Waals surface area (Å²) in [7, 11) is 1.17. The highest BCUT2D eigenvalue weighted by molar-refractivity contribution is 6.36. The molecular weight excluding hydrogens is 296 g/mol. The third-order valence-electron chi connectivity index (χ3n) is 1.90. The van der Waals surface area contributed by atoms with E-state index in [1.165, 1.54) is 7.11 Å². The zero-order valence-corrected chi connectivity index (χ0v) is 10.5. The molecule has 0 atom stereocenters. The number of hydrogen-bond donors (Lipinski definition) is 0. The standard InChI is InChI=1S/C10H7Cl2F3O3/c1-17-9(16)4-6-7(11)2-5(3-8(6)12)18-10(13,14)15/h2-3H,4H2,1H3. The lowest BCUT2D eigenvalue weighted by molar-refractivity contribution is -0.274. The molecule has 0 aromatic heterocycles. The van der Waals surface area contributed by atoms with Crippen molar-refractivity contribution in [3.05, 3.63) is 27.7 Å². The van der Waals surface area contributed by atoms with Gasteiger partial charge in [0.15, 0.2) is 0 Å². The molecule has 0 aliphatic heterocycles. The first kappa shape index (κ1) is 14.9. The van der Waals surface area contributed by atoms with Crippen molar-refractivity contribution in [3.63, 3.8) is 0 Å². The van der Waals surface area contributed by atoms with Crippen molar-refractivity contribution in [2.45, 2.75) is 12.8 Å². The Kier molecular flexibility index (Phi) is 4.70. The molecule has 0 aliphatic rings. The monoisotopic (exact) mass is 302 g/mol. The van der Waals surface area contributed by atoms with Crippen LogP contribution in [0.1, 0.15) is 5.56 Å². The highest BCUT2D eigenvalue weighted by Gasteiger charge is 2.31. The van der Waals surface area contributed by atoms with Gasteiger partial charge < -0.3 is 9.47 Å². The van der Waals surface area contributed by atoms with E-state index < -0.39 is 18.1 Å². The van der Waals surface area contributed by atoms with Gasteiger partial charge in [-0.05, 0) is 12.1 Å². The summed E-state index contributed by atoms with van der Waals surface area (Å²) in [6.45, 7) is 0. The Bertz CT molecular complexity index is 437. The molecule has 100 valence electrons. The number of esters is 1. The SMILES string of the molecule is COC(=O)Cc1c(Cl)cc(OC(F)(F)F)cc1Cl. The molecular formula is C10H7Cl2F3O3. The van der Waals surface area contributed by atoms with Crippen LogP contribution in [-0.4, -0.2) is 19.4 Å². The zero-order chi connectivity index (χ0) is 13.9. The number of ether oxygens (including phenoxy) is 2. The fraction of sp³-hybridized carbons (Fsp3) is 0.300. The van der Waals surface area contributed by atoms with E-state index in [-0.39, 0.29) is 22.0 Å². The minimum atomic E-state index is -4.84. The molecule has 1 rings (SSSR count). The second-order valence-corrected chi connectivity index (χ2v) is 3.98. The molecule has 0 radical (unpaired) electrons. The summed E-state index contributed by atoms with van der Waals surface area (Å²) in [4.78, 5) is 11.0. The smallest absolute Gasteiger partial charge is 0.469 e. The summed E-state index contributed by atoms with van der Waals surface area (Å²) in [5.41, 5.74) is 0.180. The lowest BCUT2D eigenvalue weighted by atomic mass is 10.1. The van der Waals surface area contributed by atoms with Gasteiger partial charge in [-0.1, -0.05) is 23.2 Å². The normalized spacial score (nSPS) is 11.2. The maximum atomic E-state index is 12.0. The molecule has 3 nitrogen and oxygen atoms in total. The van der Waals surface area contributed by atoms with E-state index in [9.17, 15) is 18.0 Å². The van der Waals surface area contributed by atoms with Crippen molar-refractivity contribution < 1.29 is 27.4 Å². The Morgan fingerprint density at radius 1 is 1.28 bits per heavy atom. The van der Waals surface area contributed by atoms with Crippen LogP contribution in [-0.2, 0) is 16.0 Å². The maximum Gasteiger partial charge on any atom is 0.573 e. The van der Waals surface area contributed by atoms with Gasteiger partial charge in [-0.2, -0.15) is 0 Å². The summed E-state index contributed by atoms with van der Waals surface area (Å²) in [6, 6.07) is 1.86. The van der Waals surface area contributed by atoms with Gasteiger partial charge in [0, 0.05) is 15.6 Å². The molecule has 0 amide bonds. The fourth-order valence-electron chi connectivity index (χ4n) is 1.16. The number of halogens is 5. The predicted molar refractivity (Wildman–Crippen MR) is 58.9 cm³/mol. The zero-order valence-electron chi connectivity index (χ0n) is 8.98. The number of carbonyl (C=O) groups is 1.